The van der Waals surface area contributed by atoms with Gasteiger partial charge in [0.2, 0.25) is 0 Å². The number of carbonyl (C=O) groups excluding carboxylic acids is 1. The minimum absolute atomic E-state index is 0.137. The number of hydrogen-bond donors (Lipinski definition) is 0. The van der Waals surface area contributed by atoms with Gasteiger partial charge in [-0.3, -0.25) is 4.79 Å². The van der Waals surface area contributed by atoms with Crippen molar-refractivity contribution in [3.05, 3.63) is 59.9 Å². The lowest BCUT2D eigenvalue weighted by molar-refractivity contribution is 0.101. The first-order valence-electron chi connectivity index (χ1n) is 6.46. The predicted molar refractivity (Wildman–Crippen MR) is 73.8 cm³/mol. The highest BCUT2D eigenvalue weighted by Crippen LogP contribution is 2.07. The number of nitrogens with zero attached hydrogens (tertiary/aromatic N) is 1. The summed E-state index contributed by atoms with van der Waals surface area (Å²) in [6.07, 6.45) is 7.37. The number of rotatable bonds is 6. The molecule has 0 bridgehead atoms. The van der Waals surface area contributed by atoms with Gasteiger partial charge in [0.25, 0.3) is 0 Å². The molecule has 0 saturated heterocycles. The summed E-state index contributed by atoms with van der Waals surface area (Å²) in [5.74, 6) is 0.137. The van der Waals surface area contributed by atoms with Crippen molar-refractivity contribution in [2.24, 2.45) is 0 Å². The largest absolute Gasteiger partial charge is 0.354 e. The van der Waals surface area contributed by atoms with E-state index in [0.29, 0.717) is 0 Å². The Kier molecular flexibility index (Phi) is 4.35. The van der Waals surface area contributed by atoms with Crippen LogP contribution in [0.15, 0.2) is 48.8 Å². The van der Waals surface area contributed by atoms with Gasteiger partial charge in [-0.2, -0.15) is 0 Å². The van der Waals surface area contributed by atoms with Gasteiger partial charge in [-0.15, -0.1) is 0 Å². The van der Waals surface area contributed by atoms with Crippen molar-refractivity contribution in [2.75, 3.05) is 0 Å². The Labute approximate surface area is 108 Å². The van der Waals surface area contributed by atoms with Gasteiger partial charge >= 0.3 is 0 Å². The van der Waals surface area contributed by atoms with E-state index >= 15 is 0 Å². The van der Waals surface area contributed by atoms with E-state index in [1.54, 1.807) is 6.92 Å². The molecule has 0 aliphatic carbocycles. The lowest BCUT2D eigenvalue weighted by Crippen LogP contribution is -1.96. The molecule has 18 heavy (non-hydrogen) atoms. The van der Waals surface area contributed by atoms with Crippen molar-refractivity contribution in [1.82, 2.24) is 4.57 Å². The molecule has 0 saturated carbocycles. The van der Waals surface area contributed by atoms with E-state index in [9.17, 15) is 4.79 Å². The average Bonchev–Trinajstić information content (AvgIpc) is 2.85. The monoisotopic (exact) mass is 241 g/mol. The first-order chi connectivity index (χ1) is 8.75. The highest BCUT2D eigenvalue weighted by atomic mass is 16.1. The molecule has 0 radical (unpaired) electrons. The van der Waals surface area contributed by atoms with Crippen molar-refractivity contribution >= 4 is 5.78 Å². The van der Waals surface area contributed by atoms with E-state index in [0.717, 1.165) is 24.9 Å². The smallest absolute Gasteiger partial charge is 0.161 e. The molecule has 0 unspecified atom stereocenters. The number of ketones is 1. The van der Waals surface area contributed by atoms with Crippen LogP contribution in [0.4, 0.5) is 0 Å². The lowest BCUT2D eigenvalue weighted by Gasteiger charge is -2.03. The third-order valence-electron chi connectivity index (χ3n) is 3.13. The summed E-state index contributed by atoms with van der Waals surface area (Å²) in [6, 6.07) is 12.4. The number of aromatic nitrogens is 1. The van der Waals surface area contributed by atoms with Crippen molar-refractivity contribution in [1.29, 1.82) is 0 Å². The maximum atomic E-state index is 11.2. The first-order valence-corrected chi connectivity index (χ1v) is 6.46. The summed E-state index contributed by atoms with van der Waals surface area (Å²) in [6.45, 7) is 2.59. The van der Waals surface area contributed by atoms with Gasteiger partial charge in [0.05, 0.1) is 0 Å². The number of carbonyl (C=O) groups is 1. The Morgan fingerprint density at radius 3 is 2.56 bits per heavy atom. The van der Waals surface area contributed by atoms with Crippen LogP contribution in [-0.4, -0.2) is 10.4 Å². The summed E-state index contributed by atoms with van der Waals surface area (Å²) in [5, 5.41) is 0. The van der Waals surface area contributed by atoms with Gasteiger partial charge in [0.1, 0.15) is 0 Å². The Bertz CT molecular complexity index is 499. The molecule has 0 amide bonds. The molecule has 2 rings (SSSR count). The Morgan fingerprint density at radius 1 is 1.11 bits per heavy atom. The normalized spacial score (nSPS) is 10.5. The minimum atomic E-state index is 0.137. The van der Waals surface area contributed by atoms with Crippen LogP contribution in [-0.2, 0) is 13.0 Å². The lowest BCUT2D eigenvalue weighted by atomic mass is 10.1. The molecule has 1 heterocycles. The molecule has 2 nitrogen and oxygen atoms in total. The molecular weight excluding hydrogens is 222 g/mol. The number of aryl methyl sites for hydroxylation is 2. The van der Waals surface area contributed by atoms with Gasteiger partial charge in [-0.05, 0) is 37.8 Å². The van der Waals surface area contributed by atoms with E-state index < -0.39 is 0 Å². The minimum Gasteiger partial charge on any atom is -0.354 e. The molecule has 0 N–H and O–H groups in total. The van der Waals surface area contributed by atoms with Crippen molar-refractivity contribution in [3.63, 3.8) is 0 Å². The molecule has 0 spiro atoms. The van der Waals surface area contributed by atoms with E-state index in [4.69, 9.17) is 0 Å². The van der Waals surface area contributed by atoms with Crippen LogP contribution in [0.2, 0.25) is 0 Å². The van der Waals surface area contributed by atoms with Crippen LogP contribution >= 0.6 is 0 Å². The summed E-state index contributed by atoms with van der Waals surface area (Å²) >= 11 is 0. The number of hydrogen-bond acceptors (Lipinski definition) is 1. The third-order valence-corrected chi connectivity index (χ3v) is 3.13. The van der Waals surface area contributed by atoms with Gasteiger partial charge < -0.3 is 4.57 Å². The zero-order chi connectivity index (χ0) is 12.8. The highest BCUT2D eigenvalue weighted by molar-refractivity contribution is 5.93. The fraction of sp³-hybridized carbons (Fsp3) is 0.312. The van der Waals surface area contributed by atoms with Crippen molar-refractivity contribution < 1.29 is 4.79 Å². The maximum Gasteiger partial charge on any atom is 0.161 e. The summed E-state index contributed by atoms with van der Waals surface area (Å²) in [7, 11) is 0. The molecule has 0 aliphatic rings. The predicted octanol–water partition coefficient (Wildman–Crippen LogP) is 3.71. The fourth-order valence-electron chi connectivity index (χ4n) is 2.06. The molecule has 2 aromatic rings. The van der Waals surface area contributed by atoms with E-state index in [1.807, 2.05) is 24.5 Å². The van der Waals surface area contributed by atoms with Gasteiger partial charge in [-0.1, -0.05) is 30.3 Å². The van der Waals surface area contributed by atoms with Crippen LogP contribution < -0.4 is 0 Å². The van der Waals surface area contributed by atoms with Crippen LogP contribution in [0.25, 0.3) is 0 Å². The molecule has 0 aliphatic heterocycles. The second-order valence-electron chi connectivity index (χ2n) is 4.64. The zero-order valence-electron chi connectivity index (χ0n) is 10.8. The third kappa shape index (κ3) is 3.59. The summed E-state index contributed by atoms with van der Waals surface area (Å²) in [5.41, 5.74) is 2.20. The Hall–Kier alpha value is -1.83. The maximum absolute atomic E-state index is 11.2. The number of Topliss-reactive ketones (excluding diaryl/α,β-unsaturated/α-hetero) is 1. The van der Waals surface area contributed by atoms with Crippen LogP contribution in [0.5, 0.6) is 0 Å². The first kappa shape index (κ1) is 12.6. The highest BCUT2D eigenvalue weighted by Gasteiger charge is 2.01. The SMILES string of the molecule is CC(=O)c1ccn(CCCCc2ccccc2)c1. The molecular formula is C16H19NO. The average molecular weight is 241 g/mol. The fourth-order valence-corrected chi connectivity index (χ4v) is 2.06. The van der Waals surface area contributed by atoms with Crippen molar-refractivity contribution in [2.45, 2.75) is 32.7 Å². The quantitative estimate of drug-likeness (QED) is 0.558. The van der Waals surface area contributed by atoms with Crippen molar-refractivity contribution in [3.8, 4) is 0 Å². The zero-order valence-corrected chi connectivity index (χ0v) is 10.8. The molecule has 1 aromatic carbocycles. The van der Waals surface area contributed by atoms with E-state index in [1.165, 1.54) is 12.0 Å². The second kappa shape index (κ2) is 6.20. The molecule has 2 heteroatoms. The molecule has 94 valence electrons. The second-order valence-corrected chi connectivity index (χ2v) is 4.64. The van der Waals surface area contributed by atoms with Crippen LogP contribution in [0, 0.1) is 0 Å². The number of benzene rings is 1. The van der Waals surface area contributed by atoms with Gasteiger partial charge in [0, 0.05) is 24.5 Å². The molecule has 1 aromatic heterocycles. The summed E-state index contributed by atoms with van der Waals surface area (Å²) in [4.78, 5) is 11.2. The number of unbranched alkanes of at least 4 members (excludes halogenated alkanes) is 1. The van der Waals surface area contributed by atoms with Gasteiger partial charge in [0.15, 0.2) is 5.78 Å². The standard InChI is InChI=1S/C16H19NO/c1-14(18)16-10-12-17(13-16)11-6-5-9-15-7-3-2-4-8-15/h2-4,7-8,10,12-13H,5-6,9,11H2,1H3. The van der Waals surface area contributed by atoms with E-state index in [2.05, 4.69) is 28.8 Å². The Balaban J connectivity index is 1.73. The molecule has 0 fully saturated rings. The summed E-state index contributed by atoms with van der Waals surface area (Å²) < 4.78 is 2.10. The van der Waals surface area contributed by atoms with Crippen LogP contribution in [0.1, 0.15) is 35.7 Å². The topological polar surface area (TPSA) is 22.0 Å². The molecule has 0 atom stereocenters. The van der Waals surface area contributed by atoms with E-state index in [-0.39, 0.29) is 5.78 Å². The van der Waals surface area contributed by atoms with Gasteiger partial charge in [-0.25, -0.2) is 0 Å². The van der Waals surface area contributed by atoms with Crippen LogP contribution in [0.3, 0.4) is 0 Å². The Morgan fingerprint density at radius 2 is 1.89 bits per heavy atom.